The molecule has 2 fully saturated rings. The van der Waals surface area contributed by atoms with Crippen LogP contribution in [0.2, 0.25) is 0 Å². The van der Waals surface area contributed by atoms with Gasteiger partial charge in [-0.05, 0) is 46.8 Å². The van der Waals surface area contributed by atoms with Gasteiger partial charge in [0.1, 0.15) is 0 Å². The number of ketones is 1. The molecule has 0 amide bonds. The van der Waals surface area contributed by atoms with Crippen LogP contribution in [0, 0.1) is 0 Å². The van der Waals surface area contributed by atoms with Gasteiger partial charge in [0, 0.05) is 19.0 Å². The second-order valence-corrected chi connectivity index (χ2v) is 5.71. The van der Waals surface area contributed by atoms with Crippen molar-refractivity contribution < 1.29 is 4.79 Å². The van der Waals surface area contributed by atoms with E-state index in [2.05, 4.69) is 30.7 Å². The van der Waals surface area contributed by atoms with Gasteiger partial charge in [0.2, 0.25) is 0 Å². The highest BCUT2D eigenvalue weighted by Gasteiger charge is 2.44. The van der Waals surface area contributed by atoms with E-state index in [9.17, 15) is 4.79 Å². The van der Waals surface area contributed by atoms with Crippen molar-refractivity contribution in [2.45, 2.75) is 51.1 Å². The molecule has 0 saturated carbocycles. The standard InChI is InChI=1S/C13H24N2O/c1-11-9-12(16)13(2,10-14(11)3)15-7-5-4-6-8-15/h11H,4-10H2,1-3H3. The Bertz CT molecular complexity index is 273. The van der Waals surface area contributed by atoms with Crippen molar-refractivity contribution in [2.24, 2.45) is 0 Å². The number of likely N-dealkylation sites (N-methyl/N-ethyl adjacent to an activating group) is 1. The molecule has 2 aliphatic heterocycles. The summed E-state index contributed by atoms with van der Waals surface area (Å²) in [5, 5.41) is 0. The third-order valence-corrected chi connectivity index (χ3v) is 4.45. The lowest BCUT2D eigenvalue weighted by Crippen LogP contribution is -2.64. The fourth-order valence-corrected chi connectivity index (χ4v) is 3.04. The Labute approximate surface area is 98.8 Å². The number of hydrogen-bond donors (Lipinski definition) is 0. The van der Waals surface area contributed by atoms with Crippen molar-refractivity contribution in [1.82, 2.24) is 9.80 Å². The van der Waals surface area contributed by atoms with Crippen molar-refractivity contribution >= 4 is 5.78 Å². The molecule has 2 saturated heterocycles. The summed E-state index contributed by atoms with van der Waals surface area (Å²) in [5.74, 6) is 0.444. The van der Waals surface area contributed by atoms with E-state index >= 15 is 0 Å². The molecule has 3 nitrogen and oxygen atoms in total. The zero-order valence-electron chi connectivity index (χ0n) is 10.8. The average Bonchev–Trinajstić information content (AvgIpc) is 2.28. The van der Waals surface area contributed by atoms with E-state index in [-0.39, 0.29) is 5.54 Å². The average molecular weight is 224 g/mol. The van der Waals surface area contributed by atoms with Gasteiger partial charge in [0.05, 0.1) is 5.54 Å². The number of carbonyl (C=O) groups excluding carboxylic acids is 1. The van der Waals surface area contributed by atoms with Crippen LogP contribution in [0.4, 0.5) is 0 Å². The second-order valence-electron chi connectivity index (χ2n) is 5.71. The first-order valence-electron chi connectivity index (χ1n) is 6.52. The molecule has 0 aliphatic carbocycles. The smallest absolute Gasteiger partial charge is 0.155 e. The van der Waals surface area contributed by atoms with Crippen LogP contribution in [0.1, 0.15) is 39.5 Å². The molecule has 92 valence electrons. The van der Waals surface area contributed by atoms with Crippen LogP contribution < -0.4 is 0 Å². The summed E-state index contributed by atoms with van der Waals surface area (Å²) in [4.78, 5) is 17.1. The number of rotatable bonds is 1. The van der Waals surface area contributed by atoms with Gasteiger partial charge in [0.25, 0.3) is 0 Å². The number of hydrogen-bond acceptors (Lipinski definition) is 3. The van der Waals surface area contributed by atoms with Gasteiger partial charge >= 0.3 is 0 Å². The Morgan fingerprint density at radius 2 is 1.88 bits per heavy atom. The van der Waals surface area contributed by atoms with Crippen molar-refractivity contribution in [3.05, 3.63) is 0 Å². The molecule has 3 heteroatoms. The fourth-order valence-electron chi connectivity index (χ4n) is 3.04. The molecule has 0 N–H and O–H groups in total. The van der Waals surface area contributed by atoms with E-state index in [1.54, 1.807) is 0 Å². The molecule has 0 spiro atoms. The van der Waals surface area contributed by atoms with Crippen LogP contribution in [0.5, 0.6) is 0 Å². The van der Waals surface area contributed by atoms with Crippen molar-refractivity contribution in [1.29, 1.82) is 0 Å². The zero-order valence-corrected chi connectivity index (χ0v) is 10.8. The highest BCUT2D eigenvalue weighted by Crippen LogP contribution is 2.29. The third-order valence-electron chi connectivity index (χ3n) is 4.45. The summed E-state index contributed by atoms with van der Waals surface area (Å²) >= 11 is 0. The summed E-state index contributed by atoms with van der Waals surface area (Å²) in [6.45, 7) is 7.39. The Morgan fingerprint density at radius 1 is 1.25 bits per heavy atom. The quantitative estimate of drug-likeness (QED) is 0.675. The Kier molecular flexibility index (Phi) is 3.36. The Balaban J connectivity index is 2.12. The van der Waals surface area contributed by atoms with E-state index in [0.29, 0.717) is 18.2 Å². The monoisotopic (exact) mass is 224 g/mol. The minimum atomic E-state index is -0.221. The lowest BCUT2D eigenvalue weighted by atomic mass is 9.84. The number of likely N-dealkylation sites (tertiary alicyclic amines) is 2. The largest absolute Gasteiger partial charge is 0.301 e. The normalized spacial score (nSPS) is 38.9. The molecule has 0 aromatic heterocycles. The zero-order chi connectivity index (χ0) is 11.8. The molecule has 2 heterocycles. The van der Waals surface area contributed by atoms with Gasteiger partial charge < -0.3 is 4.90 Å². The van der Waals surface area contributed by atoms with Crippen molar-refractivity contribution in [3.63, 3.8) is 0 Å². The minimum absolute atomic E-state index is 0.221. The summed E-state index contributed by atoms with van der Waals surface area (Å²) in [5.41, 5.74) is -0.221. The van der Waals surface area contributed by atoms with Crippen LogP contribution in [0.3, 0.4) is 0 Å². The highest BCUT2D eigenvalue weighted by atomic mass is 16.1. The maximum absolute atomic E-state index is 12.3. The van der Waals surface area contributed by atoms with Gasteiger partial charge in [-0.3, -0.25) is 9.69 Å². The van der Waals surface area contributed by atoms with E-state index in [0.717, 1.165) is 19.6 Å². The van der Waals surface area contributed by atoms with E-state index in [4.69, 9.17) is 0 Å². The van der Waals surface area contributed by atoms with Crippen molar-refractivity contribution in [2.75, 3.05) is 26.7 Å². The summed E-state index contributed by atoms with van der Waals surface area (Å²) in [7, 11) is 2.14. The molecular formula is C13H24N2O. The predicted molar refractivity (Wildman–Crippen MR) is 65.5 cm³/mol. The predicted octanol–water partition coefficient (Wildman–Crippen LogP) is 1.52. The molecule has 2 unspecified atom stereocenters. The maximum atomic E-state index is 12.3. The summed E-state index contributed by atoms with van der Waals surface area (Å²) in [6, 6.07) is 0.408. The van der Waals surface area contributed by atoms with Crippen LogP contribution in [-0.2, 0) is 4.79 Å². The van der Waals surface area contributed by atoms with Gasteiger partial charge in [-0.15, -0.1) is 0 Å². The van der Waals surface area contributed by atoms with Gasteiger partial charge in [-0.25, -0.2) is 0 Å². The van der Waals surface area contributed by atoms with E-state index < -0.39 is 0 Å². The SMILES string of the molecule is CC1CC(=O)C(C)(N2CCCCC2)CN1C. The number of nitrogens with zero attached hydrogens (tertiary/aromatic N) is 2. The summed E-state index contributed by atoms with van der Waals surface area (Å²) in [6.07, 6.45) is 4.54. The van der Waals surface area contributed by atoms with Crippen LogP contribution >= 0.6 is 0 Å². The third kappa shape index (κ3) is 2.03. The topological polar surface area (TPSA) is 23.6 Å². The Morgan fingerprint density at radius 3 is 2.50 bits per heavy atom. The van der Waals surface area contributed by atoms with Gasteiger partial charge in [-0.1, -0.05) is 6.42 Å². The molecule has 0 radical (unpaired) electrons. The maximum Gasteiger partial charge on any atom is 0.155 e. The molecule has 2 rings (SSSR count). The minimum Gasteiger partial charge on any atom is -0.301 e. The lowest BCUT2D eigenvalue weighted by molar-refractivity contribution is -0.138. The second kappa shape index (κ2) is 4.46. The number of Topliss-reactive ketones (excluding diaryl/α,β-unsaturated/α-hetero) is 1. The Hall–Kier alpha value is -0.410. The number of carbonyl (C=O) groups is 1. The molecule has 0 aromatic rings. The first kappa shape index (κ1) is 12.1. The highest BCUT2D eigenvalue weighted by molar-refractivity contribution is 5.89. The first-order chi connectivity index (χ1) is 7.54. The van der Waals surface area contributed by atoms with Crippen LogP contribution in [0.25, 0.3) is 0 Å². The molecule has 2 atom stereocenters. The number of piperidine rings is 2. The first-order valence-corrected chi connectivity index (χ1v) is 6.52. The van der Waals surface area contributed by atoms with E-state index in [1.165, 1.54) is 19.3 Å². The summed E-state index contributed by atoms with van der Waals surface area (Å²) < 4.78 is 0. The molecule has 2 aliphatic rings. The van der Waals surface area contributed by atoms with Crippen molar-refractivity contribution in [3.8, 4) is 0 Å². The van der Waals surface area contributed by atoms with E-state index in [1.807, 2.05) is 0 Å². The van der Waals surface area contributed by atoms with Gasteiger partial charge in [-0.2, -0.15) is 0 Å². The molecular weight excluding hydrogens is 200 g/mol. The fraction of sp³-hybridized carbons (Fsp3) is 0.923. The molecule has 16 heavy (non-hydrogen) atoms. The van der Waals surface area contributed by atoms with Crippen LogP contribution in [0.15, 0.2) is 0 Å². The lowest BCUT2D eigenvalue weighted by Gasteiger charge is -2.48. The molecule has 0 bridgehead atoms. The van der Waals surface area contributed by atoms with Crippen LogP contribution in [-0.4, -0.2) is 53.8 Å². The van der Waals surface area contributed by atoms with Gasteiger partial charge in [0.15, 0.2) is 5.78 Å². The molecule has 0 aromatic carbocycles.